The van der Waals surface area contributed by atoms with Crippen LogP contribution in [0.5, 0.6) is 0 Å². The van der Waals surface area contributed by atoms with E-state index < -0.39 is 19.0 Å². The van der Waals surface area contributed by atoms with Crippen LogP contribution >= 0.6 is 0 Å². The number of pyridine rings is 1. The number of benzene rings is 1. The fraction of sp³-hybridized carbons (Fsp3) is 0.344. The van der Waals surface area contributed by atoms with Gasteiger partial charge in [-0.25, -0.2) is 0 Å². The maximum atomic E-state index is 13.8. The van der Waals surface area contributed by atoms with Crippen molar-refractivity contribution in [1.29, 1.82) is 0 Å². The van der Waals surface area contributed by atoms with Gasteiger partial charge in [0.15, 0.2) is 11.6 Å². The van der Waals surface area contributed by atoms with Gasteiger partial charge in [-0.05, 0) is 79.4 Å². The second-order valence-corrected chi connectivity index (χ2v) is 10.8. The molecule has 0 unspecified atom stereocenters. The van der Waals surface area contributed by atoms with E-state index in [4.69, 9.17) is 9.07 Å². The summed E-state index contributed by atoms with van der Waals surface area (Å²) in [4.78, 5) is 31.9. The second-order valence-electron chi connectivity index (χ2n) is 10.8. The van der Waals surface area contributed by atoms with E-state index in [1.165, 1.54) is 0 Å². The number of hydrogen-bond donors (Lipinski definition) is 2. The Bertz CT molecular complexity index is 1490. The molecule has 1 fully saturated rings. The van der Waals surface area contributed by atoms with Crippen LogP contribution in [0.2, 0.25) is 6.32 Å². The van der Waals surface area contributed by atoms with Crippen molar-refractivity contribution in [3.63, 3.8) is 0 Å². The van der Waals surface area contributed by atoms with Gasteiger partial charge in [0.2, 0.25) is 0 Å². The third-order valence-electron chi connectivity index (χ3n) is 8.61. The standard InChI is InChI=1S/C32H32BNO6/c1-2-19-16-25-30(32(37)24-8-4-3-7-23(24)31(25)36)26-17-33(38)40-28(29(19)26)13-10-20(27-9-5-6-14-34-27)15-21-11-12-22(18-35)39-21/h3-9,11-12,14-15,25-26,28,30,35,38H,2,10,13,16-18H2,1H3/b20-15-/t25-,26+,28-,30-/m1/s1. The Morgan fingerprint density at radius 2 is 1.82 bits per heavy atom. The molecule has 2 N–H and O–H groups in total. The molecule has 2 aliphatic carbocycles. The summed E-state index contributed by atoms with van der Waals surface area (Å²) in [5.41, 5.74) is 4.98. The topological polar surface area (TPSA) is 110 Å². The van der Waals surface area contributed by atoms with Gasteiger partial charge >= 0.3 is 7.12 Å². The molecule has 4 atom stereocenters. The average molecular weight is 537 g/mol. The molecule has 7 nitrogen and oxygen atoms in total. The number of carbonyl (C=O) groups excluding carboxylic acids is 2. The van der Waals surface area contributed by atoms with E-state index in [2.05, 4.69) is 11.9 Å². The summed E-state index contributed by atoms with van der Waals surface area (Å²) in [6.45, 7) is 1.91. The summed E-state index contributed by atoms with van der Waals surface area (Å²) in [6, 6.07) is 16.4. The zero-order valence-electron chi connectivity index (χ0n) is 22.5. The molecule has 8 heteroatoms. The van der Waals surface area contributed by atoms with Crippen molar-refractivity contribution in [1.82, 2.24) is 4.98 Å². The first kappa shape index (κ1) is 26.6. The van der Waals surface area contributed by atoms with Crippen molar-refractivity contribution in [2.45, 2.75) is 51.6 Å². The van der Waals surface area contributed by atoms with E-state index in [0.717, 1.165) is 28.8 Å². The van der Waals surface area contributed by atoms with Crippen LogP contribution in [0.1, 0.15) is 70.5 Å². The van der Waals surface area contributed by atoms with Crippen LogP contribution < -0.4 is 0 Å². The van der Waals surface area contributed by atoms with Gasteiger partial charge in [0.1, 0.15) is 18.1 Å². The van der Waals surface area contributed by atoms with Crippen molar-refractivity contribution in [3.8, 4) is 0 Å². The molecule has 6 rings (SSSR count). The van der Waals surface area contributed by atoms with Gasteiger partial charge in [-0.15, -0.1) is 0 Å². The van der Waals surface area contributed by atoms with Gasteiger partial charge in [-0.1, -0.05) is 42.8 Å². The summed E-state index contributed by atoms with van der Waals surface area (Å²) in [6.07, 6.45) is 6.03. The molecule has 0 radical (unpaired) electrons. The predicted molar refractivity (Wildman–Crippen MR) is 151 cm³/mol. The van der Waals surface area contributed by atoms with E-state index in [-0.39, 0.29) is 30.2 Å². The monoisotopic (exact) mass is 537 g/mol. The Morgan fingerprint density at radius 3 is 2.52 bits per heavy atom. The van der Waals surface area contributed by atoms with Crippen molar-refractivity contribution in [3.05, 3.63) is 100 Å². The van der Waals surface area contributed by atoms with Gasteiger partial charge in [-0.2, -0.15) is 0 Å². The van der Waals surface area contributed by atoms with Crippen molar-refractivity contribution in [2.24, 2.45) is 17.8 Å². The Balaban J connectivity index is 1.33. The third kappa shape index (κ3) is 4.81. The lowest BCUT2D eigenvalue weighted by Crippen LogP contribution is -2.50. The third-order valence-corrected chi connectivity index (χ3v) is 8.61. The molecule has 0 spiro atoms. The van der Waals surface area contributed by atoms with Gasteiger partial charge in [-0.3, -0.25) is 14.6 Å². The molecule has 3 aliphatic rings. The molecule has 2 aromatic heterocycles. The molecule has 1 aromatic carbocycles. The van der Waals surface area contributed by atoms with Crippen molar-refractivity contribution >= 4 is 30.3 Å². The Morgan fingerprint density at radius 1 is 1.05 bits per heavy atom. The van der Waals surface area contributed by atoms with Crippen LogP contribution in [0.3, 0.4) is 0 Å². The minimum atomic E-state index is -1.02. The quantitative estimate of drug-likeness (QED) is 0.307. The van der Waals surface area contributed by atoms with Crippen molar-refractivity contribution < 1.29 is 28.8 Å². The SMILES string of the molecule is CCC1=C2[C@@H](CC/C(=C/c3ccc(CO)o3)c3ccccn3)OB(O)C[C@@H]2[C@@H]2C(=O)c3ccccc3C(=O)[C@@H]2C1. The number of fused-ring (bicyclic) bond motifs is 4. The van der Waals surface area contributed by atoms with Gasteiger partial charge < -0.3 is 19.2 Å². The number of carbonyl (C=O) groups is 2. The number of aliphatic hydroxyl groups excluding tert-OH is 1. The molecular weight excluding hydrogens is 505 g/mol. The number of ketones is 2. The largest absolute Gasteiger partial charge is 0.459 e. The summed E-state index contributed by atoms with van der Waals surface area (Å²) < 4.78 is 11.9. The Kier molecular flexibility index (Phi) is 7.40. The maximum absolute atomic E-state index is 13.8. The van der Waals surface area contributed by atoms with Crippen molar-refractivity contribution in [2.75, 3.05) is 0 Å². The number of aromatic nitrogens is 1. The normalized spacial score (nSPS) is 24.6. The van der Waals surface area contributed by atoms with E-state index >= 15 is 0 Å². The van der Waals surface area contributed by atoms with Gasteiger partial charge in [0, 0.05) is 29.2 Å². The maximum Gasteiger partial charge on any atom is 0.455 e. The smallest absolute Gasteiger partial charge is 0.455 e. The van der Waals surface area contributed by atoms with Crippen LogP contribution in [0.25, 0.3) is 11.6 Å². The molecule has 0 bridgehead atoms. The highest BCUT2D eigenvalue weighted by Crippen LogP contribution is 2.51. The first-order valence-electron chi connectivity index (χ1n) is 14.0. The lowest BCUT2D eigenvalue weighted by Gasteiger charge is -2.47. The number of aliphatic hydroxyl groups is 1. The molecular formula is C32H32BNO6. The van der Waals surface area contributed by atoms with Gasteiger partial charge in [0.05, 0.1) is 11.8 Å². The molecule has 3 aromatic rings. The lowest BCUT2D eigenvalue weighted by atomic mass is 9.54. The van der Waals surface area contributed by atoms with Crippen LogP contribution in [0, 0.1) is 17.8 Å². The zero-order chi connectivity index (χ0) is 27.8. The molecule has 0 saturated carbocycles. The van der Waals surface area contributed by atoms with E-state index in [1.54, 1.807) is 30.5 Å². The predicted octanol–water partition coefficient (Wildman–Crippen LogP) is 5.41. The van der Waals surface area contributed by atoms with E-state index in [1.807, 2.05) is 36.4 Å². The number of furan rings is 1. The highest BCUT2D eigenvalue weighted by molar-refractivity contribution is 6.43. The first-order valence-corrected chi connectivity index (χ1v) is 14.0. The number of rotatable bonds is 7. The average Bonchev–Trinajstić information content (AvgIpc) is 3.45. The Labute approximate surface area is 233 Å². The zero-order valence-corrected chi connectivity index (χ0v) is 22.5. The number of allylic oxidation sites excluding steroid dienone is 2. The highest BCUT2D eigenvalue weighted by Gasteiger charge is 2.53. The fourth-order valence-corrected chi connectivity index (χ4v) is 6.85. The van der Waals surface area contributed by atoms with Crippen LogP contribution in [-0.2, 0) is 11.3 Å². The molecule has 3 heterocycles. The summed E-state index contributed by atoms with van der Waals surface area (Å²) in [5.74, 6) is -0.00447. The van der Waals surface area contributed by atoms with Crippen LogP contribution in [0.15, 0.2) is 76.4 Å². The van der Waals surface area contributed by atoms with E-state index in [9.17, 15) is 19.7 Å². The summed E-state index contributed by atoms with van der Waals surface area (Å²) >= 11 is 0. The number of hydrogen-bond acceptors (Lipinski definition) is 7. The van der Waals surface area contributed by atoms with Gasteiger partial charge in [0.25, 0.3) is 0 Å². The Hall–Kier alpha value is -3.59. The molecule has 1 saturated heterocycles. The molecule has 0 amide bonds. The lowest BCUT2D eigenvalue weighted by molar-refractivity contribution is 0.0600. The minimum Gasteiger partial charge on any atom is -0.459 e. The summed E-state index contributed by atoms with van der Waals surface area (Å²) in [7, 11) is -1.02. The fourth-order valence-electron chi connectivity index (χ4n) is 6.85. The summed E-state index contributed by atoms with van der Waals surface area (Å²) in [5, 5.41) is 20.3. The molecule has 40 heavy (non-hydrogen) atoms. The minimum absolute atomic E-state index is 0.00252. The molecule has 1 aliphatic heterocycles. The van der Waals surface area contributed by atoms with E-state index in [0.29, 0.717) is 48.2 Å². The number of nitrogens with zero attached hydrogens (tertiary/aromatic N) is 1. The number of Topliss-reactive ketones (excluding diaryl/α,β-unsaturated/α-hetero) is 2. The van der Waals surface area contributed by atoms with Crippen LogP contribution in [-0.4, -0.2) is 39.9 Å². The first-order chi connectivity index (χ1) is 19.5. The molecule has 204 valence electrons. The second kappa shape index (κ2) is 11.1. The van der Waals surface area contributed by atoms with Crippen LogP contribution in [0.4, 0.5) is 0 Å². The highest BCUT2D eigenvalue weighted by atomic mass is 16.5.